The van der Waals surface area contributed by atoms with Gasteiger partial charge in [0.25, 0.3) is 5.91 Å². The van der Waals surface area contributed by atoms with E-state index < -0.39 is 23.5 Å². The number of amides is 1. The van der Waals surface area contributed by atoms with Gasteiger partial charge in [0.1, 0.15) is 24.1 Å². The van der Waals surface area contributed by atoms with Gasteiger partial charge in [0.05, 0.1) is 12.7 Å². The van der Waals surface area contributed by atoms with Gasteiger partial charge in [-0.2, -0.15) is 18.4 Å². The molecular weight excluding hydrogens is 532 g/mol. The Morgan fingerprint density at radius 2 is 1.86 bits per heavy atom. The van der Waals surface area contributed by atoms with E-state index in [9.17, 15) is 27.6 Å². The summed E-state index contributed by atoms with van der Waals surface area (Å²) < 4.78 is 63.6. The fourth-order valence-electron chi connectivity index (χ4n) is 3.00. The highest BCUT2D eigenvalue weighted by atomic mass is 79.9. The SMILES string of the molecule is COc1cc(/C=C(/C#N)C(=O)Nc2cccc(C(F)(F)F)c2)c(Br)cc1OCc1cccc(F)c1. The summed E-state index contributed by atoms with van der Waals surface area (Å²) in [5.74, 6) is -0.671. The molecule has 0 heterocycles. The lowest BCUT2D eigenvalue weighted by Gasteiger charge is -2.13. The number of hydrogen-bond donors (Lipinski definition) is 1. The Hall–Kier alpha value is -3.84. The molecule has 0 bridgehead atoms. The Labute approximate surface area is 206 Å². The van der Waals surface area contributed by atoms with Crippen LogP contribution in [0.5, 0.6) is 11.5 Å². The van der Waals surface area contributed by atoms with E-state index in [1.54, 1.807) is 24.3 Å². The Balaban J connectivity index is 1.82. The van der Waals surface area contributed by atoms with Crippen molar-refractivity contribution in [3.05, 3.63) is 93.2 Å². The standard InChI is InChI=1S/C25H17BrF4N2O3/c1-34-22-10-16(21(26)12-23(22)35-14-15-4-2-6-19(27)8-15)9-17(13-31)24(33)32-20-7-3-5-18(11-20)25(28,29)30/h2-12H,14H2,1H3,(H,32,33)/b17-9-. The van der Waals surface area contributed by atoms with E-state index in [2.05, 4.69) is 21.2 Å². The lowest BCUT2D eigenvalue weighted by Crippen LogP contribution is -2.14. The van der Waals surface area contributed by atoms with E-state index in [4.69, 9.17) is 9.47 Å². The Morgan fingerprint density at radius 3 is 2.51 bits per heavy atom. The summed E-state index contributed by atoms with van der Waals surface area (Å²) in [7, 11) is 1.40. The van der Waals surface area contributed by atoms with Crippen molar-refractivity contribution in [2.75, 3.05) is 12.4 Å². The molecule has 35 heavy (non-hydrogen) atoms. The molecule has 0 aliphatic rings. The van der Waals surface area contributed by atoms with Crippen molar-refractivity contribution in [1.29, 1.82) is 5.26 Å². The van der Waals surface area contributed by atoms with Crippen molar-refractivity contribution >= 4 is 33.6 Å². The number of hydrogen-bond acceptors (Lipinski definition) is 4. The fraction of sp³-hybridized carbons (Fsp3) is 0.120. The molecule has 0 unspecified atom stereocenters. The quantitative estimate of drug-likeness (QED) is 0.201. The zero-order valence-corrected chi connectivity index (χ0v) is 19.7. The lowest BCUT2D eigenvalue weighted by atomic mass is 10.1. The van der Waals surface area contributed by atoms with Crippen LogP contribution in [0.3, 0.4) is 0 Å². The van der Waals surface area contributed by atoms with Crippen LogP contribution in [0.15, 0.2) is 70.7 Å². The van der Waals surface area contributed by atoms with Crippen LogP contribution < -0.4 is 14.8 Å². The summed E-state index contributed by atoms with van der Waals surface area (Å²) in [6.45, 7) is 0.0680. The molecule has 0 atom stereocenters. The first-order chi connectivity index (χ1) is 16.6. The molecule has 3 aromatic carbocycles. The fourth-order valence-corrected chi connectivity index (χ4v) is 3.43. The van der Waals surface area contributed by atoms with Crippen LogP contribution in [0.1, 0.15) is 16.7 Å². The highest BCUT2D eigenvalue weighted by molar-refractivity contribution is 9.10. The number of anilines is 1. The second-order valence-corrected chi connectivity index (χ2v) is 8.00. The number of ether oxygens (including phenoxy) is 2. The summed E-state index contributed by atoms with van der Waals surface area (Å²) >= 11 is 3.35. The number of methoxy groups -OCH3 is 1. The van der Waals surface area contributed by atoms with Gasteiger partial charge in [-0.3, -0.25) is 4.79 Å². The van der Waals surface area contributed by atoms with Gasteiger partial charge in [-0.05, 0) is 59.7 Å². The average Bonchev–Trinajstić information content (AvgIpc) is 2.81. The molecule has 3 aromatic rings. The third kappa shape index (κ3) is 6.83. The second-order valence-electron chi connectivity index (χ2n) is 7.15. The molecule has 3 rings (SSSR count). The molecule has 1 amide bonds. The van der Waals surface area contributed by atoms with Crippen molar-refractivity contribution in [2.24, 2.45) is 0 Å². The van der Waals surface area contributed by atoms with Crippen molar-refractivity contribution < 1.29 is 31.8 Å². The van der Waals surface area contributed by atoms with Gasteiger partial charge in [0, 0.05) is 10.2 Å². The van der Waals surface area contributed by atoms with E-state index >= 15 is 0 Å². The molecule has 180 valence electrons. The van der Waals surface area contributed by atoms with Gasteiger partial charge in [-0.1, -0.05) is 34.1 Å². The molecule has 0 aliphatic carbocycles. The third-order valence-corrected chi connectivity index (χ3v) is 5.37. The molecule has 10 heteroatoms. The summed E-state index contributed by atoms with van der Waals surface area (Å²) in [5, 5.41) is 11.8. The van der Waals surface area contributed by atoms with Crippen LogP contribution in [0.2, 0.25) is 0 Å². The first-order valence-corrected chi connectivity index (χ1v) is 10.7. The average molecular weight is 549 g/mol. The number of rotatable bonds is 7. The second kappa shape index (κ2) is 11.1. The van der Waals surface area contributed by atoms with Crippen molar-refractivity contribution in [3.8, 4) is 17.6 Å². The van der Waals surface area contributed by atoms with Crippen LogP contribution in [-0.4, -0.2) is 13.0 Å². The zero-order valence-electron chi connectivity index (χ0n) is 18.1. The van der Waals surface area contributed by atoms with E-state index in [1.165, 1.54) is 37.5 Å². The van der Waals surface area contributed by atoms with E-state index in [0.29, 0.717) is 21.3 Å². The summed E-state index contributed by atoms with van der Waals surface area (Å²) in [6, 6.07) is 14.8. The number of nitrogens with one attached hydrogen (secondary N) is 1. The van der Waals surface area contributed by atoms with Crippen LogP contribution in [0.4, 0.5) is 23.2 Å². The van der Waals surface area contributed by atoms with Crippen molar-refractivity contribution in [1.82, 2.24) is 0 Å². The maximum Gasteiger partial charge on any atom is 0.416 e. The van der Waals surface area contributed by atoms with Crippen LogP contribution in [-0.2, 0) is 17.6 Å². The largest absolute Gasteiger partial charge is 0.493 e. The number of nitrogens with zero attached hydrogens (tertiary/aromatic N) is 1. The smallest absolute Gasteiger partial charge is 0.416 e. The van der Waals surface area contributed by atoms with Gasteiger partial charge in [-0.25, -0.2) is 4.39 Å². The molecule has 0 aliphatic heterocycles. The number of alkyl halides is 3. The van der Waals surface area contributed by atoms with E-state index in [1.807, 2.05) is 0 Å². The lowest BCUT2D eigenvalue weighted by molar-refractivity contribution is -0.137. The predicted molar refractivity (Wildman–Crippen MR) is 125 cm³/mol. The van der Waals surface area contributed by atoms with Crippen LogP contribution >= 0.6 is 15.9 Å². The van der Waals surface area contributed by atoms with Gasteiger partial charge in [-0.15, -0.1) is 0 Å². The molecule has 0 aromatic heterocycles. The van der Waals surface area contributed by atoms with Crippen LogP contribution in [0, 0.1) is 17.1 Å². The van der Waals surface area contributed by atoms with Gasteiger partial charge < -0.3 is 14.8 Å². The first kappa shape index (κ1) is 25.8. The molecule has 5 nitrogen and oxygen atoms in total. The zero-order chi connectivity index (χ0) is 25.6. The molecule has 0 saturated carbocycles. The molecule has 0 saturated heterocycles. The minimum Gasteiger partial charge on any atom is -0.493 e. The molecule has 0 radical (unpaired) electrons. The molecule has 0 spiro atoms. The highest BCUT2D eigenvalue weighted by Gasteiger charge is 2.30. The number of carbonyl (C=O) groups excluding carboxylic acids is 1. The Bertz CT molecular complexity index is 1320. The maximum atomic E-state index is 13.4. The summed E-state index contributed by atoms with van der Waals surface area (Å²) in [4.78, 5) is 12.5. The van der Waals surface area contributed by atoms with E-state index in [-0.39, 0.29) is 23.6 Å². The van der Waals surface area contributed by atoms with E-state index in [0.717, 1.165) is 18.2 Å². The third-order valence-electron chi connectivity index (χ3n) is 4.68. The normalized spacial score (nSPS) is 11.5. The van der Waals surface area contributed by atoms with Crippen molar-refractivity contribution in [2.45, 2.75) is 12.8 Å². The maximum absolute atomic E-state index is 13.4. The number of nitriles is 1. The molecular formula is C25H17BrF4N2O3. The van der Waals surface area contributed by atoms with Gasteiger partial charge in [0.2, 0.25) is 0 Å². The number of benzene rings is 3. The first-order valence-electron chi connectivity index (χ1n) is 9.96. The van der Waals surface area contributed by atoms with Gasteiger partial charge >= 0.3 is 6.18 Å². The Kier molecular flexibility index (Phi) is 8.14. The summed E-state index contributed by atoms with van der Waals surface area (Å²) in [6.07, 6.45) is -3.32. The number of carbonyl (C=O) groups is 1. The van der Waals surface area contributed by atoms with Crippen molar-refractivity contribution in [3.63, 3.8) is 0 Å². The topological polar surface area (TPSA) is 71.3 Å². The number of halogens is 5. The predicted octanol–water partition coefficient (Wildman–Crippen LogP) is 6.74. The van der Waals surface area contributed by atoms with Crippen LogP contribution in [0.25, 0.3) is 6.08 Å². The highest BCUT2D eigenvalue weighted by Crippen LogP contribution is 2.35. The Morgan fingerprint density at radius 1 is 1.11 bits per heavy atom. The molecule has 1 N–H and O–H groups in total. The monoisotopic (exact) mass is 548 g/mol. The minimum absolute atomic E-state index is 0.0680. The minimum atomic E-state index is -4.57. The summed E-state index contributed by atoms with van der Waals surface area (Å²) in [5.41, 5.74) is -0.401. The molecule has 0 fully saturated rings. The van der Waals surface area contributed by atoms with Gasteiger partial charge in [0.15, 0.2) is 11.5 Å².